The van der Waals surface area contributed by atoms with Crippen LogP contribution in [0.2, 0.25) is 0 Å². The molecule has 0 spiro atoms. The molecule has 0 aromatic heterocycles. The van der Waals surface area contributed by atoms with Crippen molar-refractivity contribution < 1.29 is 9.90 Å². The third-order valence-electron chi connectivity index (χ3n) is 3.28. The Labute approximate surface area is 108 Å². The molecule has 1 heterocycles. The lowest BCUT2D eigenvalue weighted by atomic mass is 10.1. The Morgan fingerprint density at radius 3 is 2.78 bits per heavy atom. The molecule has 1 aliphatic heterocycles. The van der Waals surface area contributed by atoms with Crippen molar-refractivity contribution in [2.45, 2.75) is 18.9 Å². The van der Waals surface area contributed by atoms with Crippen LogP contribution in [0.25, 0.3) is 0 Å². The molecule has 4 heteroatoms. The number of hydrogen-bond acceptors (Lipinski definition) is 3. The van der Waals surface area contributed by atoms with E-state index < -0.39 is 0 Å². The summed E-state index contributed by atoms with van der Waals surface area (Å²) >= 11 is 0. The van der Waals surface area contributed by atoms with E-state index in [1.54, 1.807) is 4.90 Å². The van der Waals surface area contributed by atoms with Crippen LogP contribution >= 0.6 is 0 Å². The second-order valence-electron chi connectivity index (χ2n) is 4.63. The maximum absolute atomic E-state index is 12.3. The van der Waals surface area contributed by atoms with Crippen LogP contribution in [0.4, 0.5) is 0 Å². The van der Waals surface area contributed by atoms with Crippen LogP contribution in [0.3, 0.4) is 0 Å². The Balaban J connectivity index is 2.02. The second kappa shape index (κ2) is 6.52. The summed E-state index contributed by atoms with van der Waals surface area (Å²) < 4.78 is 0. The van der Waals surface area contributed by atoms with E-state index in [-0.39, 0.29) is 12.5 Å². The number of rotatable bonds is 5. The van der Waals surface area contributed by atoms with E-state index in [9.17, 15) is 4.79 Å². The van der Waals surface area contributed by atoms with Crippen molar-refractivity contribution in [2.75, 3.05) is 26.2 Å². The summed E-state index contributed by atoms with van der Waals surface area (Å²) in [5.41, 5.74) is 0.684. The zero-order valence-electron chi connectivity index (χ0n) is 10.5. The Kier molecular flexibility index (Phi) is 4.73. The predicted octanol–water partition coefficient (Wildman–Crippen LogP) is 0.873. The third kappa shape index (κ3) is 3.31. The average molecular weight is 248 g/mol. The minimum absolute atomic E-state index is 0.00153. The number of hydrogen-bond donors (Lipinski definition) is 2. The van der Waals surface area contributed by atoms with Gasteiger partial charge in [-0.2, -0.15) is 0 Å². The number of carbonyl (C=O) groups excluding carboxylic acids is 1. The Bertz CT molecular complexity index is 375. The van der Waals surface area contributed by atoms with Crippen LogP contribution < -0.4 is 5.32 Å². The van der Waals surface area contributed by atoms with Gasteiger partial charge in [-0.25, -0.2) is 0 Å². The van der Waals surface area contributed by atoms with Crippen LogP contribution in [-0.4, -0.2) is 48.2 Å². The summed E-state index contributed by atoms with van der Waals surface area (Å²) in [5, 5.41) is 12.5. The van der Waals surface area contributed by atoms with Gasteiger partial charge in [-0.15, -0.1) is 0 Å². The van der Waals surface area contributed by atoms with E-state index in [0.29, 0.717) is 24.7 Å². The Morgan fingerprint density at radius 2 is 2.17 bits per heavy atom. The fraction of sp³-hybridized carbons (Fsp3) is 0.500. The third-order valence-corrected chi connectivity index (χ3v) is 3.28. The fourth-order valence-electron chi connectivity index (χ4n) is 2.34. The number of aliphatic hydroxyl groups is 1. The van der Waals surface area contributed by atoms with E-state index in [1.807, 2.05) is 30.3 Å². The predicted molar refractivity (Wildman–Crippen MR) is 70.5 cm³/mol. The Hall–Kier alpha value is -1.39. The highest BCUT2D eigenvalue weighted by Gasteiger charge is 2.21. The normalized spacial score (nSPS) is 18.8. The van der Waals surface area contributed by atoms with Crippen LogP contribution in [0.5, 0.6) is 0 Å². The van der Waals surface area contributed by atoms with Gasteiger partial charge in [0, 0.05) is 24.7 Å². The van der Waals surface area contributed by atoms with Crippen LogP contribution in [0.15, 0.2) is 30.3 Å². The number of benzene rings is 1. The highest BCUT2D eigenvalue weighted by molar-refractivity contribution is 5.94. The molecule has 98 valence electrons. The molecule has 0 aliphatic carbocycles. The fourth-order valence-corrected chi connectivity index (χ4v) is 2.34. The van der Waals surface area contributed by atoms with Gasteiger partial charge in [0.2, 0.25) is 0 Å². The molecule has 1 amide bonds. The summed E-state index contributed by atoms with van der Waals surface area (Å²) in [5.74, 6) is -0.00153. The van der Waals surface area contributed by atoms with Crippen LogP contribution in [-0.2, 0) is 0 Å². The molecule has 0 saturated carbocycles. The van der Waals surface area contributed by atoms with Crippen LogP contribution in [0.1, 0.15) is 23.2 Å². The maximum Gasteiger partial charge on any atom is 0.253 e. The van der Waals surface area contributed by atoms with Crippen molar-refractivity contribution >= 4 is 5.91 Å². The molecule has 1 unspecified atom stereocenters. The number of carbonyl (C=O) groups is 1. The monoisotopic (exact) mass is 248 g/mol. The number of nitrogens with zero attached hydrogens (tertiary/aromatic N) is 1. The van der Waals surface area contributed by atoms with E-state index in [1.165, 1.54) is 0 Å². The van der Waals surface area contributed by atoms with E-state index in [0.717, 1.165) is 19.4 Å². The molecule has 1 fully saturated rings. The number of nitrogens with one attached hydrogen (secondary N) is 1. The van der Waals surface area contributed by atoms with E-state index >= 15 is 0 Å². The van der Waals surface area contributed by atoms with Gasteiger partial charge in [0.1, 0.15) is 0 Å². The summed E-state index contributed by atoms with van der Waals surface area (Å²) in [7, 11) is 0. The second-order valence-corrected chi connectivity index (χ2v) is 4.63. The molecule has 1 atom stereocenters. The topological polar surface area (TPSA) is 52.6 Å². The van der Waals surface area contributed by atoms with Gasteiger partial charge >= 0.3 is 0 Å². The molecule has 2 N–H and O–H groups in total. The van der Waals surface area contributed by atoms with Gasteiger partial charge < -0.3 is 15.3 Å². The highest BCUT2D eigenvalue weighted by Crippen LogP contribution is 2.10. The van der Waals surface area contributed by atoms with Gasteiger partial charge in [0.15, 0.2) is 0 Å². The maximum atomic E-state index is 12.3. The Morgan fingerprint density at radius 1 is 1.39 bits per heavy atom. The molecule has 1 aromatic carbocycles. The zero-order valence-corrected chi connectivity index (χ0v) is 10.5. The van der Waals surface area contributed by atoms with Gasteiger partial charge in [-0.3, -0.25) is 4.79 Å². The largest absolute Gasteiger partial charge is 0.395 e. The molecular weight excluding hydrogens is 228 g/mol. The average Bonchev–Trinajstić information content (AvgIpc) is 2.91. The lowest BCUT2D eigenvalue weighted by molar-refractivity contribution is 0.0706. The van der Waals surface area contributed by atoms with E-state index in [2.05, 4.69) is 5.32 Å². The first-order valence-electron chi connectivity index (χ1n) is 6.50. The first kappa shape index (κ1) is 13.1. The summed E-state index contributed by atoms with van der Waals surface area (Å²) in [4.78, 5) is 14.0. The van der Waals surface area contributed by atoms with Crippen molar-refractivity contribution in [2.24, 2.45) is 0 Å². The number of amides is 1. The van der Waals surface area contributed by atoms with Crippen LogP contribution in [0, 0.1) is 0 Å². The first-order chi connectivity index (χ1) is 8.81. The SMILES string of the molecule is O=C(c1ccccc1)N(CCO)CC1CCCN1. The van der Waals surface area contributed by atoms with Gasteiger partial charge in [-0.05, 0) is 31.5 Å². The first-order valence-corrected chi connectivity index (χ1v) is 6.50. The van der Waals surface area contributed by atoms with Gasteiger partial charge in [0.05, 0.1) is 6.61 Å². The molecule has 18 heavy (non-hydrogen) atoms. The molecule has 4 nitrogen and oxygen atoms in total. The molecule has 1 saturated heterocycles. The molecule has 1 aromatic rings. The molecule has 0 bridgehead atoms. The molecule has 2 rings (SSSR count). The van der Waals surface area contributed by atoms with Gasteiger partial charge in [0.25, 0.3) is 5.91 Å². The van der Waals surface area contributed by atoms with Crippen molar-refractivity contribution in [3.63, 3.8) is 0 Å². The van der Waals surface area contributed by atoms with Crippen molar-refractivity contribution in [3.8, 4) is 0 Å². The zero-order chi connectivity index (χ0) is 12.8. The quantitative estimate of drug-likeness (QED) is 0.813. The minimum Gasteiger partial charge on any atom is -0.395 e. The van der Waals surface area contributed by atoms with Crippen molar-refractivity contribution in [1.82, 2.24) is 10.2 Å². The lowest BCUT2D eigenvalue weighted by Gasteiger charge is -2.25. The molecule has 0 radical (unpaired) electrons. The van der Waals surface area contributed by atoms with Crippen molar-refractivity contribution in [1.29, 1.82) is 0 Å². The minimum atomic E-state index is -0.00153. The molecule has 1 aliphatic rings. The van der Waals surface area contributed by atoms with E-state index in [4.69, 9.17) is 5.11 Å². The standard InChI is InChI=1S/C14H20N2O2/c17-10-9-16(11-13-7-4-8-15-13)14(18)12-5-2-1-3-6-12/h1-3,5-6,13,15,17H,4,7-11H2. The molecular formula is C14H20N2O2. The number of aliphatic hydroxyl groups excluding tert-OH is 1. The van der Waals surface area contributed by atoms with Crippen molar-refractivity contribution in [3.05, 3.63) is 35.9 Å². The smallest absolute Gasteiger partial charge is 0.253 e. The van der Waals surface area contributed by atoms with Gasteiger partial charge in [-0.1, -0.05) is 18.2 Å². The lowest BCUT2D eigenvalue weighted by Crippen LogP contribution is -2.42. The highest BCUT2D eigenvalue weighted by atomic mass is 16.3. The summed E-state index contributed by atoms with van der Waals surface area (Å²) in [6.45, 7) is 2.10. The summed E-state index contributed by atoms with van der Waals surface area (Å²) in [6, 6.07) is 9.61. The summed E-state index contributed by atoms with van der Waals surface area (Å²) in [6.07, 6.45) is 2.27.